The summed E-state index contributed by atoms with van der Waals surface area (Å²) in [5.41, 5.74) is 8.05. The Morgan fingerprint density at radius 1 is 1.35 bits per heavy atom. The smallest absolute Gasteiger partial charge is 0.105 e. The van der Waals surface area contributed by atoms with E-state index in [2.05, 4.69) is 22.5 Å². The van der Waals surface area contributed by atoms with Crippen molar-refractivity contribution in [3.8, 4) is 0 Å². The number of nitrogen functional groups attached to an aromatic ring is 1. The van der Waals surface area contributed by atoms with Gasteiger partial charge in [0.05, 0.1) is 0 Å². The maximum absolute atomic E-state index is 5.94. The fourth-order valence-corrected chi connectivity index (χ4v) is 2.67. The quantitative estimate of drug-likeness (QED) is 0.667. The fraction of sp³-hybridized carbons (Fsp3) is 0.308. The van der Waals surface area contributed by atoms with Gasteiger partial charge in [-0.05, 0) is 31.5 Å². The molecule has 0 atom stereocenters. The summed E-state index contributed by atoms with van der Waals surface area (Å²) in [4.78, 5) is 5.37. The van der Waals surface area contributed by atoms with E-state index in [4.69, 9.17) is 5.73 Å². The average Bonchev–Trinajstić information content (AvgIpc) is 2.70. The Balaban J connectivity index is 1.94. The standard InChI is InChI=1S/C13H17N3S/c1-10-3-4-12(14)13(9-10)17-8-7-16-6-5-15-11(16)2/h3-6,9H,7-8,14H2,1-2H3. The van der Waals surface area contributed by atoms with Crippen LogP contribution in [0.4, 0.5) is 5.69 Å². The van der Waals surface area contributed by atoms with Gasteiger partial charge in [0.2, 0.25) is 0 Å². The molecule has 0 bridgehead atoms. The lowest BCUT2D eigenvalue weighted by Crippen LogP contribution is -2.01. The van der Waals surface area contributed by atoms with Gasteiger partial charge in [-0.1, -0.05) is 6.07 Å². The maximum atomic E-state index is 5.94. The Morgan fingerprint density at radius 2 is 2.18 bits per heavy atom. The van der Waals surface area contributed by atoms with E-state index >= 15 is 0 Å². The van der Waals surface area contributed by atoms with Crippen LogP contribution in [0.25, 0.3) is 0 Å². The van der Waals surface area contributed by atoms with Gasteiger partial charge in [-0.25, -0.2) is 4.98 Å². The Hall–Kier alpha value is -1.42. The van der Waals surface area contributed by atoms with Crippen LogP contribution in [0.3, 0.4) is 0 Å². The molecule has 1 aromatic carbocycles. The summed E-state index contributed by atoms with van der Waals surface area (Å²) < 4.78 is 2.15. The first-order valence-corrected chi connectivity index (χ1v) is 6.62. The van der Waals surface area contributed by atoms with Crippen LogP contribution in [0, 0.1) is 13.8 Å². The van der Waals surface area contributed by atoms with Crippen molar-refractivity contribution < 1.29 is 0 Å². The molecule has 0 aliphatic heterocycles. The van der Waals surface area contributed by atoms with Crippen molar-refractivity contribution in [3.63, 3.8) is 0 Å². The van der Waals surface area contributed by atoms with Crippen LogP contribution in [0.2, 0.25) is 0 Å². The highest BCUT2D eigenvalue weighted by atomic mass is 32.2. The first-order chi connectivity index (χ1) is 8.16. The van der Waals surface area contributed by atoms with Gasteiger partial charge in [-0.3, -0.25) is 0 Å². The molecule has 2 N–H and O–H groups in total. The summed E-state index contributed by atoms with van der Waals surface area (Å²) in [6, 6.07) is 6.15. The molecule has 2 rings (SSSR count). The largest absolute Gasteiger partial charge is 0.398 e. The van der Waals surface area contributed by atoms with Crippen LogP contribution < -0.4 is 5.73 Å². The molecule has 1 aromatic heterocycles. The van der Waals surface area contributed by atoms with Gasteiger partial charge in [-0.15, -0.1) is 11.8 Å². The van der Waals surface area contributed by atoms with E-state index in [-0.39, 0.29) is 0 Å². The molecule has 0 saturated carbocycles. The molecule has 1 heterocycles. The molecule has 0 fully saturated rings. The van der Waals surface area contributed by atoms with E-state index in [0.717, 1.165) is 23.8 Å². The minimum absolute atomic E-state index is 0.864. The third-order valence-corrected chi connectivity index (χ3v) is 3.73. The van der Waals surface area contributed by atoms with Crippen LogP contribution in [0.5, 0.6) is 0 Å². The summed E-state index contributed by atoms with van der Waals surface area (Å²) in [6.45, 7) is 5.07. The number of rotatable bonds is 4. The molecular weight excluding hydrogens is 230 g/mol. The zero-order valence-electron chi connectivity index (χ0n) is 10.2. The monoisotopic (exact) mass is 247 g/mol. The van der Waals surface area contributed by atoms with E-state index in [1.807, 2.05) is 31.5 Å². The minimum Gasteiger partial charge on any atom is -0.398 e. The second kappa shape index (κ2) is 5.27. The number of aryl methyl sites for hydroxylation is 3. The Morgan fingerprint density at radius 3 is 2.88 bits per heavy atom. The van der Waals surface area contributed by atoms with Gasteiger partial charge in [-0.2, -0.15) is 0 Å². The molecule has 3 nitrogen and oxygen atoms in total. The maximum Gasteiger partial charge on any atom is 0.105 e. The van der Waals surface area contributed by atoms with E-state index in [9.17, 15) is 0 Å². The lowest BCUT2D eigenvalue weighted by atomic mass is 10.2. The highest BCUT2D eigenvalue weighted by Crippen LogP contribution is 2.26. The van der Waals surface area contributed by atoms with E-state index in [1.165, 1.54) is 10.5 Å². The number of thioether (sulfide) groups is 1. The number of hydrogen-bond donors (Lipinski definition) is 1. The number of nitrogens with two attached hydrogens (primary N) is 1. The third-order valence-electron chi connectivity index (χ3n) is 2.68. The highest BCUT2D eigenvalue weighted by molar-refractivity contribution is 7.99. The van der Waals surface area contributed by atoms with Crippen molar-refractivity contribution in [2.24, 2.45) is 0 Å². The van der Waals surface area contributed by atoms with Gasteiger partial charge in [0.15, 0.2) is 0 Å². The SMILES string of the molecule is Cc1ccc(N)c(SCCn2ccnc2C)c1. The van der Waals surface area contributed by atoms with E-state index in [0.29, 0.717) is 0 Å². The second-order valence-corrected chi connectivity index (χ2v) is 5.19. The van der Waals surface area contributed by atoms with Crippen molar-refractivity contribution in [2.45, 2.75) is 25.3 Å². The lowest BCUT2D eigenvalue weighted by Gasteiger charge is -2.08. The van der Waals surface area contributed by atoms with Crippen molar-refractivity contribution in [1.82, 2.24) is 9.55 Å². The fourth-order valence-electron chi connectivity index (χ4n) is 1.66. The van der Waals surface area contributed by atoms with Gasteiger partial charge in [0, 0.05) is 35.3 Å². The summed E-state index contributed by atoms with van der Waals surface area (Å²) in [6.07, 6.45) is 3.84. The summed E-state index contributed by atoms with van der Waals surface area (Å²) in [5, 5.41) is 0. The number of imidazole rings is 1. The Bertz CT molecular complexity index is 505. The summed E-state index contributed by atoms with van der Waals surface area (Å²) in [7, 11) is 0. The van der Waals surface area contributed by atoms with Crippen LogP contribution in [-0.2, 0) is 6.54 Å². The van der Waals surface area contributed by atoms with Gasteiger partial charge < -0.3 is 10.3 Å². The molecule has 0 spiro atoms. The molecular formula is C13H17N3S. The molecule has 0 unspecified atom stereocenters. The zero-order chi connectivity index (χ0) is 12.3. The van der Waals surface area contributed by atoms with Crippen molar-refractivity contribution in [1.29, 1.82) is 0 Å². The molecule has 0 radical (unpaired) electrons. The molecule has 17 heavy (non-hydrogen) atoms. The number of benzene rings is 1. The molecule has 0 saturated heterocycles. The van der Waals surface area contributed by atoms with Crippen molar-refractivity contribution >= 4 is 17.4 Å². The molecule has 2 aromatic rings. The number of aromatic nitrogens is 2. The number of nitrogens with zero attached hydrogens (tertiary/aromatic N) is 2. The van der Waals surface area contributed by atoms with Crippen LogP contribution >= 0.6 is 11.8 Å². The molecule has 4 heteroatoms. The van der Waals surface area contributed by atoms with Crippen molar-refractivity contribution in [3.05, 3.63) is 42.0 Å². The van der Waals surface area contributed by atoms with E-state index in [1.54, 1.807) is 11.8 Å². The van der Waals surface area contributed by atoms with Crippen LogP contribution in [-0.4, -0.2) is 15.3 Å². The summed E-state index contributed by atoms with van der Waals surface area (Å²) in [5.74, 6) is 2.06. The zero-order valence-corrected chi connectivity index (χ0v) is 11.0. The predicted molar refractivity (Wildman–Crippen MR) is 73.3 cm³/mol. The first kappa shape index (κ1) is 12.0. The van der Waals surface area contributed by atoms with Gasteiger partial charge >= 0.3 is 0 Å². The average molecular weight is 247 g/mol. The lowest BCUT2D eigenvalue weighted by molar-refractivity contribution is 0.738. The van der Waals surface area contributed by atoms with Crippen LogP contribution in [0.1, 0.15) is 11.4 Å². The molecule has 0 aliphatic rings. The Kier molecular flexibility index (Phi) is 3.74. The second-order valence-electron chi connectivity index (χ2n) is 4.06. The third kappa shape index (κ3) is 3.03. The van der Waals surface area contributed by atoms with E-state index < -0.39 is 0 Å². The minimum atomic E-state index is 0.864. The Labute approximate surface area is 106 Å². The van der Waals surface area contributed by atoms with Gasteiger partial charge in [0.1, 0.15) is 5.82 Å². The normalized spacial score (nSPS) is 10.7. The van der Waals surface area contributed by atoms with Gasteiger partial charge in [0.25, 0.3) is 0 Å². The molecule has 90 valence electrons. The van der Waals surface area contributed by atoms with Crippen LogP contribution in [0.15, 0.2) is 35.5 Å². The van der Waals surface area contributed by atoms with Crippen molar-refractivity contribution in [2.75, 3.05) is 11.5 Å². The first-order valence-electron chi connectivity index (χ1n) is 5.63. The highest BCUT2D eigenvalue weighted by Gasteiger charge is 2.01. The summed E-state index contributed by atoms with van der Waals surface area (Å²) >= 11 is 1.79. The molecule has 0 aliphatic carbocycles. The predicted octanol–water partition coefficient (Wildman–Crippen LogP) is 2.87. The topological polar surface area (TPSA) is 43.8 Å². The number of anilines is 1. The molecule has 0 amide bonds. The number of hydrogen-bond acceptors (Lipinski definition) is 3.